The molecule has 1 rings (SSSR count). The third-order valence-electron chi connectivity index (χ3n) is 1.62. The van der Waals surface area contributed by atoms with Crippen LogP contribution in [0.3, 0.4) is 0 Å². The third kappa shape index (κ3) is 2.02. The summed E-state index contributed by atoms with van der Waals surface area (Å²) in [6, 6.07) is 3.16. The van der Waals surface area contributed by atoms with Crippen molar-refractivity contribution in [2.75, 3.05) is 0 Å². The van der Waals surface area contributed by atoms with Crippen molar-refractivity contribution < 1.29 is 4.92 Å². The fraction of sp³-hybridized carbons (Fsp3) is 0.429. The predicted octanol–water partition coefficient (Wildman–Crippen LogP) is 1.27. The quantitative estimate of drug-likeness (QED) is 0.517. The second-order valence-electron chi connectivity index (χ2n) is 2.62. The van der Waals surface area contributed by atoms with Crippen LogP contribution in [0, 0.1) is 21.4 Å². The molecule has 0 aliphatic carbocycles. The van der Waals surface area contributed by atoms with Crippen LogP contribution in [0.25, 0.3) is 0 Å². The lowest BCUT2D eigenvalue weighted by molar-refractivity contribution is -0.389. The van der Waals surface area contributed by atoms with Crippen LogP contribution in [-0.4, -0.2) is 14.7 Å². The Labute approximate surface area is 74.5 Å². The minimum absolute atomic E-state index is 0.126. The van der Waals surface area contributed by atoms with E-state index < -0.39 is 4.92 Å². The number of aromatic nitrogens is 2. The fourth-order valence-corrected chi connectivity index (χ4v) is 0.897. The van der Waals surface area contributed by atoms with Gasteiger partial charge < -0.3 is 10.1 Å². The van der Waals surface area contributed by atoms with E-state index in [9.17, 15) is 10.1 Å². The van der Waals surface area contributed by atoms with Gasteiger partial charge in [-0.1, -0.05) is 0 Å². The topological polar surface area (TPSA) is 84.8 Å². The minimum atomic E-state index is -0.560. The molecule has 6 nitrogen and oxygen atoms in total. The summed E-state index contributed by atoms with van der Waals surface area (Å²) in [6.45, 7) is 1.78. The number of nitrogens with zero attached hydrogens (tertiary/aromatic N) is 4. The first-order valence-corrected chi connectivity index (χ1v) is 3.71. The van der Waals surface area contributed by atoms with Gasteiger partial charge >= 0.3 is 5.82 Å². The normalized spacial score (nSPS) is 12.0. The molecule has 1 heterocycles. The van der Waals surface area contributed by atoms with Crippen molar-refractivity contribution in [2.24, 2.45) is 0 Å². The maximum atomic E-state index is 10.3. The summed E-state index contributed by atoms with van der Waals surface area (Å²) in [5, 5.41) is 22.3. The molecule has 0 aromatic carbocycles. The van der Waals surface area contributed by atoms with E-state index in [1.165, 1.54) is 16.9 Å². The molecule has 0 amide bonds. The SMILES string of the molecule is CC(CC#N)n1ccc([N+](=O)[O-])n1. The van der Waals surface area contributed by atoms with Crippen LogP contribution >= 0.6 is 0 Å². The molecule has 1 aromatic rings. The number of rotatable bonds is 3. The van der Waals surface area contributed by atoms with E-state index in [2.05, 4.69) is 5.10 Å². The van der Waals surface area contributed by atoms with Crippen LogP contribution in [-0.2, 0) is 0 Å². The average molecular weight is 180 g/mol. The van der Waals surface area contributed by atoms with Gasteiger partial charge in [0.1, 0.15) is 0 Å². The lowest BCUT2D eigenvalue weighted by Crippen LogP contribution is -2.05. The molecule has 0 N–H and O–H groups in total. The highest BCUT2D eigenvalue weighted by Gasteiger charge is 2.14. The van der Waals surface area contributed by atoms with Gasteiger partial charge in [0.25, 0.3) is 0 Å². The summed E-state index contributed by atoms with van der Waals surface area (Å²) < 4.78 is 1.42. The average Bonchev–Trinajstić information content (AvgIpc) is 2.52. The van der Waals surface area contributed by atoms with Gasteiger partial charge in [-0.05, 0) is 11.8 Å². The highest BCUT2D eigenvalue weighted by Crippen LogP contribution is 2.12. The Bertz CT molecular complexity index is 352. The molecule has 1 atom stereocenters. The van der Waals surface area contributed by atoms with Crippen LogP contribution in [0.5, 0.6) is 0 Å². The fourth-order valence-electron chi connectivity index (χ4n) is 0.897. The second-order valence-corrected chi connectivity index (χ2v) is 2.62. The predicted molar refractivity (Wildman–Crippen MR) is 43.8 cm³/mol. The summed E-state index contributed by atoms with van der Waals surface area (Å²) in [5.41, 5.74) is 0. The molecule has 0 radical (unpaired) electrons. The Morgan fingerprint density at radius 3 is 3.08 bits per heavy atom. The van der Waals surface area contributed by atoms with Gasteiger partial charge in [-0.15, -0.1) is 0 Å². The second kappa shape index (κ2) is 3.67. The zero-order valence-electron chi connectivity index (χ0n) is 7.04. The zero-order valence-corrected chi connectivity index (χ0v) is 7.04. The highest BCUT2D eigenvalue weighted by molar-refractivity contribution is 5.14. The van der Waals surface area contributed by atoms with Gasteiger partial charge in [-0.25, -0.2) is 0 Å². The molecule has 0 aliphatic heterocycles. The molecular formula is C7H8N4O2. The van der Waals surface area contributed by atoms with Crippen molar-refractivity contribution in [1.29, 1.82) is 5.26 Å². The van der Waals surface area contributed by atoms with Gasteiger partial charge in [-0.3, -0.25) is 0 Å². The summed E-state index contributed by atoms with van der Waals surface area (Å²) in [4.78, 5) is 9.70. The molecular weight excluding hydrogens is 172 g/mol. The van der Waals surface area contributed by atoms with E-state index in [1.807, 2.05) is 6.07 Å². The van der Waals surface area contributed by atoms with Crippen molar-refractivity contribution in [2.45, 2.75) is 19.4 Å². The zero-order chi connectivity index (χ0) is 9.84. The van der Waals surface area contributed by atoms with E-state index >= 15 is 0 Å². The van der Waals surface area contributed by atoms with Gasteiger partial charge in [0, 0.05) is 0 Å². The first-order valence-electron chi connectivity index (χ1n) is 3.71. The highest BCUT2D eigenvalue weighted by atomic mass is 16.6. The van der Waals surface area contributed by atoms with Crippen LogP contribution in [0.1, 0.15) is 19.4 Å². The van der Waals surface area contributed by atoms with Crippen molar-refractivity contribution >= 4 is 5.82 Å². The maximum Gasteiger partial charge on any atom is 0.389 e. The van der Waals surface area contributed by atoms with E-state index in [-0.39, 0.29) is 11.9 Å². The number of hydrogen-bond acceptors (Lipinski definition) is 4. The molecule has 0 bridgehead atoms. The van der Waals surface area contributed by atoms with Crippen LogP contribution < -0.4 is 0 Å². The lowest BCUT2D eigenvalue weighted by atomic mass is 10.3. The molecule has 13 heavy (non-hydrogen) atoms. The van der Waals surface area contributed by atoms with Crippen LogP contribution in [0.2, 0.25) is 0 Å². The van der Waals surface area contributed by atoms with Gasteiger partial charge in [0.05, 0.1) is 35.9 Å². The largest absolute Gasteiger partial charge is 0.389 e. The standard InChI is InChI=1S/C7H8N4O2/c1-6(2-4-8)10-5-3-7(9-10)11(12)13/h3,5-6H,2H2,1H3. The molecule has 0 saturated carbocycles. The molecule has 1 aromatic heterocycles. The van der Waals surface area contributed by atoms with E-state index in [0.717, 1.165) is 0 Å². The van der Waals surface area contributed by atoms with Crippen molar-refractivity contribution in [3.8, 4) is 6.07 Å². The molecule has 0 aliphatic rings. The summed E-state index contributed by atoms with van der Waals surface area (Å²) in [5.74, 6) is -0.190. The minimum Gasteiger partial charge on any atom is -0.358 e. The van der Waals surface area contributed by atoms with Crippen molar-refractivity contribution in [1.82, 2.24) is 9.78 Å². The van der Waals surface area contributed by atoms with Crippen LogP contribution in [0.15, 0.2) is 12.3 Å². The Hall–Kier alpha value is -1.90. The molecule has 68 valence electrons. The van der Waals surface area contributed by atoms with Gasteiger partial charge in [0.2, 0.25) is 0 Å². The van der Waals surface area contributed by atoms with E-state index in [4.69, 9.17) is 5.26 Å². The molecule has 6 heteroatoms. The van der Waals surface area contributed by atoms with Crippen molar-refractivity contribution in [3.63, 3.8) is 0 Å². The summed E-state index contributed by atoms with van der Waals surface area (Å²) in [6.07, 6.45) is 1.79. The third-order valence-corrected chi connectivity index (χ3v) is 1.62. The number of nitro groups is 1. The maximum absolute atomic E-state index is 10.3. The van der Waals surface area contributed by atoms with Gasteiger partial charge in [0.15, 0.2) is 0 Å². The first kappa shape index (κ1) is 9.19. The monoisotopic (exact) mass is 180 g/mol. The molecule has 0 spiro atoms. The molecule has 0 fully saturated rings. The number of nitriles is 1. The van der Waals surface area contributed by atoms with Crippen LogP contribution in [0.4, 0.5) is 5.82 Å². The van der Waals surface area contributed by atoms with Crippen molar-refractivity contribution in [3.05, 3.63) is 22.4 Å². The smallest absolute Gasteiger partial charge is 0.358 e. The Kier molecular flexibility index (Phi) is 2.59. The summed E-state index contributed by atoms with van der Waals surface area (Å²) >= 11 is 0. The Morgan fingerprint density at radius 1 is 1.92 bits per heavy atom. The Morgan fingerprint density at radius 2 is 2.62 bits per heavy atom. The Balaban J connectivity index is 2.80. The van der Waals surface area contributed by atoms with Gasteiger partial charge in [-0.2, -0.15) is 9.94 Å². The van der Waals surface area contributed by atoms with E-state index in [1.54, 1.807) is 6.92 Å². The molecule has 0 saturated heterocycles. The first-order chi connectivity index (χ1) is 6.15. The lowest BCUT2D eigenvalue weighted by Gasteiger charge is -2.00. The summed E-state index contributed by atoms with van der Waals surface area (Å²) in [7, 11) is 0. The molecule has 1 unspecified atom stereocenters. The number of hydrogen-bond donors (Lipinski definition) is 0. The van der Waals surface area contributed by atoms with E-state index in [0.29, 0.717) is 6.42 Å².